The van der Waals surface area contributed by atoms with Crippen molar-refractivity contribution in [3.63, 3.8) is 0 Å². The number of halogens is 2. The molecule has 0 unspecified atom stereocenters. The summed E-state index contributed by atoms with van der Waals surface area (Å²) in [4.78, 5) is 10.4. The Labute approximate surface area is 129 Å². The van der Waals surface area contributed by atoms with Gasteiger partial charge < -0.3 is 10.1 Å². The predicted molar refractivity (Wildman–Crippen MR) is 81.1 cm³/mol. The molecule has 0 aliphatic carbocycles. The fraction of sp³-hybridized carbons (Fsp3) is 0.143. The number of methoxy groups -OCH3 is 1. The molecule has 110 valence electrons. The van der Waals surface area contributed by atoms with E-state index in [-0.39, 0.29) is 17.8 Å². The van der Waals surface area contributed by atoms with Gasteiger partial charge in [0.05, 0.1) is 22.1 Å². The highest BCUT2D eigenvalue weighted by Crippen LogP contribution is 2.28. The second kappa shape index (κ2) is 6.53. The molecule has 0 fully saturated rings. The largest absolute Gasteiger partial charge is 0.496 e. The molecule has 2 rings (SSSR count). The molecule has 0 heterocycles. The van der Waals surface area contributed by atoms with Gasteiger partial charge in [-0.15, -0.1) is 0 Å². The van der Waals surface area contributed by atoms with E-state index >= 15 is 0 Å². The Bertz CT molecular complexity index is 679. The molecule has 1 N–H and O–H groups in total. The number of nitro benzene ring substituents is 1. The number of hydrogen-bond donors (Lipinski definition) is 1. The van der Waals surface area contributed by atoms with Gasteiger partial charge in [0, 0.05) is 18.3 Å². The molecular formula is C14H12BrFN2O3. The molecule has 2 aromatic carbocycles. The Morgan fingerprint density at radius 3 is 2.71 bits per heavy atom. The van der Waals surface area contributed by atoms with Crippen molar-refractivity contribution < 1.29 is 14.1 Å². The van der Waals surface area contributed by atoms with Crippen LogP contribution in [0, 0.1) is 15.9 Å². The van der Waals surface area contributed by atoms with Crippen molar-refractivity contribution in [1.82, 2.24) is 0 Å². The number of nitrogens with one attached hydrogen (secondary N) is 1. The van der Waals surface area contributed by atoms with Crippen LogP contribution in [-0.4, -0.2) is 12.0 Å². The highest BCUT2D eigenvalue weighted by atomic mass is 79.9. The molecule has 0 spiro atoms. The fourth-order valence-electron chi connectivity index (χ4n) is 1.85. The van der Waals surface area contributed by atoms with Gasteiger partial charge in [-0.2, -0.15) is 0 Å². The normalized spacial score (nSPS) is 10.2. The average molecular weight is 355 g/mol. The summed E-state index contributed by atoms with van der Waals surface area (Å²) in [5.41, 5.74) is 0.907. The predicted octanol–water partition coefficient (Wildman–Crippen LogP) is 4.12. The first kappa shape index (κ1) is 15.2. The number of nitrogens with zero attached hydrogens (tertiary/aromatic N) is 1. The number of ether oxygens (including phenoxy) is 1. The highest BCUT2D eigenvalue weighted by Gasteiger charge is 2.14. The third-order valence-electron chi connectivity index (χ3n) is 2.87. The van der Waals surface area contributed by atoms with E-state index in [1.807, 2.05) is 0 Å². The van der Waals surface area contributed by atoms with Gasteiger partial charge in [-0.25, -0.2) is 4.39 Å². The van der Waals surface area contributed by atoms with Crippen LogP contribution in [0.2, 0.25) is 0 Å². The summed E-state index contributed by atoms with van der Waals surface area (Å²) in [6.45, 7) is 0.146. The number of hydrogen-bond acceptors (Lipinski definition) is 4. The molecule has 0 radical (unpaired) electrons. The lowest BCUT2D eigenvalue weighted by Crippen LogP contribution is -2.04. The standard InChI is InChI=1S/C14H12BrFN2O3/c1-21-14-5-3-11(7-12(14)15)17-8-9-6-10(16)2-4-13(9)18(19)20/h2-7,17H,8H2,1H3. The molecule has 2 aromatic rings. The second-order valence-electron chi connectivity index (χ2n) is 4.23. The molecule has 21 heavy (non-hydrogen) atoms. The zero-order chi connectivity index (χ0) is 15.4. The maximum Gasteiger partial charge on any atom is 0.274 e. The summed E-state index contributed by atoms with van der Waals surface area (Å²) < 4.78 is 19.1. The molecule has 5 nitrogen and oxygen atoms in total. The topological polar surface area (TPSA) is 64.4 Å². The molecule has 0 saturated carbocycles. The minimum absolute atomic E-state index is 0.114. The van der Waals surface area contributed by atoms with E-state index in [0.717, 1.165) is 28.4 Å². The van der Waals surface area contributed by atoms with E-state index in [1.165, 1.54) is 0 Å². The molecule has 0 aliphatic rings. The molecule has 7 heteroatoms. The van der Waals surface area contributed by atoms with Crippen LogP contribution in [0.15, 0.2) is 40.9 Å². The third kappa shape index (κ3) is 3.69. The van der Waals surface area contributed by atoms with Gasteiger partial charge in [0.15, 0.2) is 0 Å². The van der Waals surface area contributed by atoms with Gasteiger partial charge in [0.1, 0.15) is 11.6 Å². The summed E-state index contributed by atoms with van der Waals surface area (Å²) in [7, 11) is 1.56. The van der Waals surface area contributed by atoms with Crippen LogP contribution in [0.5, 0.6) is 5.75 Å². The average Bonchev–Trinajstić information content (AvgIpc) is 2.45. The van der Waals surface area contributed by atoms with Crippen LogP contribution in [-0.2, 0) is 6.54 Å². The number of rotatable bonds is 5. The zero-order valence-electron chi connectivity index (χ0n) is 11.1. The monoisotopic (exact) mass is 354 g/mol. The second-order valence-corrected chi connectivity index (χ2v) is 5.09. The van der Waals surface area contributed by atoms with Gasteiger partial charge in [-0.3, -0.25) is 10.1 Å². The molecule has 0 saturated heterocycles. The van der Waals surface area contributed by atoms with Gasteiger partial charge >= 0.3 is 0 Å². The first-order valence-corrected chi connectivity index (χ1v) is 6.81. The van der Waals surface area contributed by atoms with Crippen LogP contribution < -0.4 is 10.1 Å². The van der Waals surface area contributed by atoms with Crippen molar-refractivity contribution in [2.45, 2.75) is 6.54 Å². The zero-order valence-corrected chi connectivity index (χ0v) is 12.7. The Balaban J connectivity index is 2.18. The summed E-state index contributed by atoms with van der Waals surface area (Å²) in [6, 6.07) is 8.71. The Kier molecular flexibility index (Phi) is 4.74. The van der Waals surface area contributed by atoms with E-state index in [0.29, 0.717) is 5.75 Å². The van der Waals surface area contributed by atoms with Crippen LogP contribution >= 0.6 is 15.9 Å². The number of anilines is 1. The van der Waals surface area contributed by atoms with E-state index in [2.05, 4.69) is 21.2 Å². The van der Waals surface area contributed by atoms with Crippen LogP contribution in [0.3, 0.4) is 0 Å². The Hall–Kier alpha value is -2.15. The highest BCUT2D eigenvalue weighted by molar-refractivity contribution is 9.10. The Morgan fingerprint density at radius 1 is 1.33 bits per heavy atom. The molecule has 0 atom stereocenters. The van der Waals surface area contributed by atoms with Crippen LogP contribution in [0.1, 0.15) is 5.56 Å². The minimum atomic E-state index is -0.527. The number of benzene rings is 2. The maximum atomic E-state index is 13.2. The number of nitro groups is 1. The first-order valence-electron chi connectivity index (χ1n) is 6.01. The van der Waals surface area contributed by atoms with Crippen LogP contribution in [0.4, 0.5) is 15.8 Å². The summed E-state index contributed by atoms with van der Waals surface area (Å²) in [6.07, 6.45) is 0. The molecule has 0 aliphatic heterocycles. The SMILES string of the molecule is COc1ccc(NCc2cc(F)ccc2[N+](=O)[O-])cc1Br. The first-order chi connectivity index (χ1) is 10.0. The minimum Gasteiger partial charge on any atom is -0.496 e. The van der Waals surface area contributed by atoms with Crippen molar-refractivity contribution >= 4 is 27.3 Å². The van der Waals surface area contributed by atoms with Gasteiger partial charge in [0.2, 0.25) is 0 Å². The van der Waals surface area contributed by atoms with Gasteiger partial charge in [-0.1, -0.05) is 0 Å². The van der Waals surface area contributed by atoms with Crippen molar-refractivity contribution in [2.24, 2.45) is 0 Å². The lowest BCUT2D eigenvalue weighted by molar-refractivity contribution is -0.385. The van der Waals surface area contributed by atoms with E-state index in [9.17, 15) is 14.5 Å². The van der Waals surface area contributed by atoms with Crippen LogP contribution in [0.25, 0.3) is 0 Å². The molecule has 0 aromatic heterocycles. The summed E-state index contributed by atoms with van der Waals surface area (Å²) >= 11 is 3.35. The maximum absolute atomic E-state index is 13.2. The third-order valence-corrected chi connectivity index (χ3v) is 3.49. The summed E-state index contributed by atoms with van der Waals surface area (Å²) in [5.74, 6) is 0.172. The van der Waals surface area contributed by atoms with Gasteiger partial charge in [-0.05, 0) is 46.3 Å². The van der Waals surface area contributed by atoms with E-state index in [1.54, 1.807) is 25.3 Å². The fourth-order valence-corrected chi connectivity index (χ4v) is 2.39. The lowest BCUT2D eigenvalue weighted by Gasteiger charge is -2.09. The van der Waals surface area contributed by atoms with Crippen molar-refractivity contribution in [3.05, 3.63) is 62.4 Å². The molecule has 0 bridgehead atoms. The van der Waals surface area contributed by atoms with Crippen molar-refractivity contribution in [3.8, 4) is 5.75 Å². The van der Waals surface area contributed by atoms with Crippen molar-refractivity contribution in [1.29, 1.82) is 0 Å². The Morgan fingerprint density at radius 2 is 2.10 bits per heavy atom. The lowest BCUT2D eigenvalue weighted by atomic mass is 10.1. The van der Waals surface area contributed by atoms with Gasteiger partial charge in [0.25, 0.3) is 5.69 Å². The van der Waals surface area contributed by atoms with E-state index in [4.69, 9.17) is 4.74 Å². The quantitative estimate of drug-likeness (QED) is 0.647. The molecular weight excluding hydrogens is 343 g/mol. The smallest absolute Gasteiger partial charge is 0.274 e. The molecule has 0 amide bonds. The van der Waals surface area contributed by atoms with Crippen molar-refractivity contribution in [2.75, 3.05) is 12.4 Å². The van der Waals surface area contributed by atoms with E-state index < -0.39 is 10.7 Å². The summed E-state index contributed by atoms with van der Waals surface area (Å²) in [5, 5.41) is 13.9.